The molecule has 0 fully saturated rings. The maximum atomic E-state index is 12.4. The van der Waals surface area contributed by atoms with Crippen LogP contribution in [0.25, 0.3) is 0 Å². The zero-order valence-corrected chi connectivity index (χ0v) is 19.1. The first-order chi connectivity index (χ1) is 13.1. The number of aromatic carboxylic acids is 1. The van der Waals surface area contributed by atoms with Crippen LogP contribution in [0, 0.1) is 3.57 Å². The fourth-order valence-corrected chi connectivity index (χ4v) is 3.14. The monoisotopic (exact) mass is 571 g/mol. The summed E-state index contributed by atoms with van der Waals surface area (Å²) in [6, 6.07) is 12.8. The van der Waals surface area contributed by atoms with Gasteiger partial charge in [-0.05, 0) is 77.3 Å². The number of benzene rings is 2. The average Bonchev–Trinajstić information content (AvgIpc) is 2.60. The molecule has 2 aromatic carbocycles. The summed E-state index contributed by atoms with van der Waals surface area (Å²) in [5.41, 5.74) is 1.05. The number of nitrogens with one attached hydrogen (secondary N) is 3. The molecule has 1 atom stereocenters. The van der Waals surface area contributed by atoms with Crippen LogP contribution in [-0.4, -0.2) is 32.1 Å². The lowest BCUT2D eigenvalue weighted by molar-refractivity contribution is 0.0696. The first-order valence-electron chi connectivity index (χ1n) is 7.60. The van der Waals surface area contributed by atoms with Gasteiger partial charge in [0, 0.05) is 14.8 Å². The Morgan fingerprint density at radius 2 is 1.68 bits per heavy atom. The second-order valence-electron chi connectivity index (χ2n) is 5.44. The lowest BCUT2D eigenvalue weighted by Crippen LogP contribution is -2.56. The summed E-state index contributed by atoms with van der Waals surface area (Å²) in [5.74, 6) is -1.49. The van der Waals surface area contributed by atoms with E-state index < -0.39 is 21.8 Å². The van der Waals surface area contributed by atoms with Crippen molar-refractivity contribution in [1.29, 1.82) is 0 Å². The van der Waals surface area contributed by atoms with Crippen LogP contribution in [0.3, 0.4) is 0 Å². The number of carbonyl (C=O) groups excluding carboxylic acids is 1. The first-order valence-corrected chi connectivity index (χ1v) is 10.2. The van der Waals surface area contributed by atoms with Gasteiger partial charge in [0.2, 0.25) is 3.79 Å². The molecule has 0 aliphatic carbocycles. The smallest absolute Gasteiger partial charge is 0.335 e. The third-order valence-electron chi connectivity index (χ3n) is 3.35. The van der Waals surface area contributed by atoms with Crippen LogP contribution >= 0.6 is 69.6 Å². The van der Waals surface area contributed by atoms with Crippen LogP contribution in [0.1, 0.15) is 20.7 Å². The number of carbonyl (C=O) groups is 2. The molecule has 0 aromatic heterocycles. The van der Waals surface area contributed by atoms with Crippen LogP contribution in [0.15, 0.2) is 48.5 Å². The third kappa shape index (κ3) is 6.93. The second kappa shape index (κ2) is 9.93. The van der Waals surface area contributed by atoms with Crippen LogP contribution in [-0.2, 0) is 0 Å². The third-order valence-corrected chi connectivity index (χ3v) is 4.90. The molecule has 0 saturated carbocycles. The van der Waals surface area contributed by atoms with Crippen molar-refractivity contribution in [2.24, 2.45) is 0 Å². The topological polar surface area (TPSA) is 90.5 Å². The van der Waals surface area contributed by atoms with E-state index in [0.29, 0.717) is 11.3 Å². The number of alkyl halides is 3. The molecule has 0 aliphatic heterocycles. The molecule has 2 aromatic rings. The van der Waals surface area contributed by atoms with Crippen molar-refractivity contribution < 1.29 is 14.7 Å². The fraction of sp³-hybridized carbons (Fsp3) is 0.118. The zero-order chi connectivity index (χ0) is 20.9. The first kappa shape index (κ1) is 23.0. The van der Waals surface area contributed by atoms with Gasteiger partial charge in [0.1, 0.15) is 6.17 Å². The quantitative estimate of drug-likeness (QED) is 0.184. The van der Waals surface area contributed by atoms with E-state index in [1.165, 1.54) is 24.3 Å². The van der Waals surface area contributed by atoms with Gasteiger partial charge < -0.3 is 21.1 Å². The Morgan fingerprint density at radius 1 is 1.04 bits per heavy atom. The van der Waals surface area contributed by atoms with Crippen molar-refractivity contribution in [3.8, 4) is 0 Å². The summed E-state index contributed by atoms with van der Waals surface area (Å²) < 4.78 is -1.01. The van der Waals surface area contributed by atoms with Crippen molar-refractivity contribution >= 4 is 92.3 Å². The van der Waals surface area contributed by atoms with Crippen molar-refractivity contribution in [3.05, 3.63) is 63.2 Å². The number of anilines is 1. The molecule has 2 rings (SSSR count). The minimum atomic E-state index is -1.89. The Labute approximate surface area is 195 Å². The standard InChI is InChI=1S/C17H13Cl3IN3O3S/c18-17(19,20)15(23-13(25)10-2-1-3-11(21)8-10)24-16(28)22-12-6-4-9(5-7-12)14(26)27/h1-8,15H,(H,23,25)(H,26,27)(H2,22,24,28)/t15-/m1/s1. The number of halogens is 4. The van der Waals surface area contributed by atoms with E-state index >= 15 is 0 Å². The molecule has 0 radical (unpaired) electrons. The molecule has 0 aliphatic rings. The van der Waals surface area contributed by atoms with Crippen LogP contribution < -0.4 is 16.0 Å². The Hall–Kier alpha value is -1.33. The Bertz CT molecular complexity index is 891. The molecule has 11 heteroatoms. The lowest BCUT2D eigenvalue weighted by Gasteiger charge is -2.27. The van der Waals surface area contributed by atoms with E-state index in [-0.39, 0.29) is 10.7 Å². The van der Waals surface area contributed by atoms with E-state index in [1.807, 2.05) is 6.07 Å². The Kier molecular flexibility index (Phi) is 8.14. The zero-order valence-electron chi connectivity index (χ0n) is 13.9. The molecular weight excluding hydrogens is 560 g/mol. The largest absolute Gasteiger partial charge is 0.478 e. The summed E-state index contributed by atoms with van der Waals surface area (Å²) in [4.78, 5) is 23.3. The SMILES string of the molecule is O=C(O)c1ccc(NC(=S)N[C@@H](NC(=O)c2cccc(I)c2)C(Cl)(Cl)Cl)cc1. The van der Waals surface area contributed by atoms with Gasteiger partial charge in [-0.15, -0.1) is 0 Å². The minimum Gasteiger partial charge on any atom is -0.478 e. The number of thiocarbonyl (C=S) groups is 1. The van der Waals surface area contributed by atoms with Gasteiger partial charge in [-0.1, -0.05) is 40.9 Å². The highest BCUT2D eigenvalue weighted by Crippen LogP contribution is 2.29. The van der Waals surface area contributed by atoms with E-state index in [0.717, 1.165) is 3.57 Å². The summed E-state index contributed by atoms with van der Waals surface area (Å²) in [6.45, 7) is 0. The number of carboxylic acid groups (broad SMARTS) is 1. The number of hydrogen-bond acceptors (Lipinski definition) is 3. The molecule has 0 heterocycles. The van der Waals surface area contributed by atoms with Gasteiger partial charge in [0.25, 0.3) is 5.91 Å². The molecule has 6 nitrogen and oxygen atoms in total. The van der Waals surface area contributed by atoms with Crippen LogP contribution in [0.5, 0.6) is 0 Å². The van der Waals surface area contributed by atoms with E-state index in [9.17, 15) is 9.59 Å². The fourth-order valence-electron chi connectivity index (χ4n) is 2.04. The number of amides is 1. The Morgan fingerprint density at radius 3 is 2.21 bits per heavy atom. The van der Waals surface area contributed by atoms with Crippen molar-refractivity contribution in [3.63, 3.8) is 0 Å². The average molecular weight is 573 g/mol. The second-order valence-corrected chi connectivity index (χ2v) is 9.46. The van der Waals surface area contributed by atoms with Crippen molar-refractivity contribution in [2.45, 2.75) is 9.96 Å². The highest BCUT2D eigenvalue weighted by molar-refractivity contribution is 14.1. The lowest BCUT2D eigenvalue weighted by atomic mass is 10.2. The molecule has 28 heavy (non-hydrogen) atoms. The van der Waals surface area contributed by atoms with Gasteiger partial charge >= 0.3 is 5.97 Å². The summed E-state index contributed by atoms with van der Waals surface area (Å²) in [7, 11) is 0. The molecule has 0 bridgehead atoms. The number of hydrogen-bond donors (Lipinski definition) is 4. The summed E-state index contributed by atoms with van der Waals surface area (Å²) >= 11 is 25.2. The van der Waals surface area contributed by atoms with Crippen molar-refractivity contribution in [2.75, 3.05) is 5.32 Å². The van der Waals surface area contributed by atoms with Gasteiger partial charge in [-0.2, -0.15) is 0 Å². The molecule has 1 amide bonds. The molecule has 4 N–H and O–H groups in total. The molecule has 0 saturated heterocycles. The van der Waals surface area contributed by atoms with Crippen LogP contribution in [0.4, 0.5) is 5.69 Å². The van der Waals surface area contributed by atoms with Crippen LogP contribution in [0.2, 0.25) is 0 Å². The highest BCUT2D eigenvalue weighted by atomic mass is 127. The number of carboxylic acids is 1. The van der Waals surface area contributed by atoms with E-state index in [4.69, 9.17) is 52.1 Å². The molecule has 0 spiro atoms. The van der Waals surface area contributed by atoms with E-state index in [1.54, 1.807) is 18.2 Å². The molecule has 0 unspecified atom stereocenters. The maximum Gasteiger partial charge on any atom is 0.335 e. The van der Waals surface area contributed by atoms with Gasteiger partial charge in [0.05, 0.1) is 5.56 Å². The van der Waals surface area contributed by atoms with Gasteiger partial charge in [-0.3, -0.25) is 4.79 Å². The maximum absolute atomic E-state index is 12.4. The predicted molar refractivity (Wildman–Crippen MR) is 123 cm³/mol. The molecule has 148 valence electrons. The van der Waals surface area contributed by atoms with Gasteiger partial charge in [-0.25, -0.2) is 4.79 Å². The van der Waals surface area contributed by atoms with E-state index in [2.05, 4.69) is 38.5 Å². The Balaban J connectivity index is 2.06. The summed E-state index contributed by atoms with van der Waals surface area (Å²) in [6.07, 6.45) is -1.12. The highest BCUT2D eigenvalue weighted by Gasteiger charge is 2.35. The minimum absolute atomic E-state index is 0.0716. The molecular formula is C17H13Cl3IN3O3S. The van der Waals surface area contributed by atoms with Crippen molar-refractivity contribution in [1.82, 2.24) is 10.6 Å². The normalized spacial score (nSPS) is 12.0. The van der Waals surface area contributed by atoms with Gasteiger partial charge in [0.15, 0.2) is 5.11 Å². The summed E-state index contributed by atoms with van der Waals surface area (Å²) in [5, 5.41) is 17.1. The predicted octanol–water partition coefficient (Wildman–Crippen LogP) is 4.40. The number of rotatable bonds is 5.